The molecule has 0 aromatic heterocycles. The number of phenols is 1. The van der Waals surface area contributed by atoms with Crippen molar-refractivity contribution < 1.29 is 19.4 Å². The van der Waals surface area contributed by atoms with Crippen LogP contribution >= 0.6 is 0 Å². The Kier molecular flexibility index (Phi) is 7.37. The Bertz CT molecular complexity index is 816. The molecule has 3 N–H and O–H groups in total. The zero-order chi connectivity index (χ0) is 19.6. The predicted molar refractivity (Wildman–Crippen MR) is 104 cm³/mol. The van der Waals surface area contributed by atoms with Gasteiger partial charge in [0.1, 0.15) is 11.5 Å². The van der Waals surface area contributed by atoms with Crippen LogP contribution in [0, 0.1) is 0 Å². The molecule has 7 nitrogen and oxygen atoms in total. The number of hydrogen-bond donors (Lipinski definition) is 3. The van der Waals surface area contributed by atoms with Gasteiger partial charge >= 0.3 is 0 Å². The highest BCUT2D eigenvalue weighted by molar-refractivity contribution is 5.99. The number of benzene rings is 2. The molecular weight excluding hydrogens is 346 g/mol. The second kappa shape index (κ2) is 9.96. The van der Waals surface area contributed by atoms with Crippen LogP contribution in [0.25, 0.3) is 0 Å². The van der Waals surface area contributed by atoms with E-state index in [0.29, 0.717) is 23.6 Å². The second-order valence-corrected chi connectivity index (χ2v) is 5.79. The van der Waals surface area contributed by atoms with E-state index < -0.39 is 0 Å². The van der Waals surface area contributed by atoms with Crippen molar-refractivity contribution in [1.82, 2.24) is 5.43 Å². The molecule has 2 aromatic rings. The molecular formula is C20H23N3O4. The van der Waals surface area contributed by atoms with Crippen molar-refractivity contribution in [2.24, 2.45) is 5.10 Å². The molecule has 2 amide bonds. The highest BCUT2D eigenvalue weighted by atomic mass is 16.5. The third kappa shape index (κ3) is 6.81. The summed E-state index contributed by atoms with van der Waals surface area (Å²) in [7, 11) is 0. The van der Waals surface area contributed by atoms with Crippen molar-refractivity contribution in [1.29, 1.82) is 0 Å². The Labute approximate surface area is 158 Å². The number of nitrogens with one attached hydrogen (secondary N) is 2. The molecule has 0 aliphatic carbocycles. The molecule has 0 unspecified atom stereocenters. The molecule has 142 valence electrons. The quantitative estimate of drug-likeness (QED) is 0.492. The summed E-state index contributed by atoms with van der Waals surface area (Å²) in [6.45, 7) is 4.19. The number of phenolic OH excluding ortho intramolecular Hbond substituents is 1. The summed E-state index contributed by atoms with van der Waals surface area (Å²) in [4.78, 5) is 23.8. The van der Waals surface area contributed by atoms with E-state index in [9.17, 15) is 14.7 Å². The molecule has 0 radical (unpaired) electrons. The van der Waals surface area contributed by atoms with E-state index in [2.05, 4.69) is 15.8 Å². The minimum Gasteiger partial charge on any atom is -0.508 e. The number of rotatable bonds is 8. The maximum atomic E-state index is 11.9. The molecule has 27 heavy (non-hydrogen) atoms. The van der Waals surface area contributed by atoms with Gasteiger partial charge in [-0.05, 0) is 50.2 Å². The molecule has 0 spiro atoms. The molecule has 0 atom stereocenters. The van der Waals surface area contributed by atoms with Gasteiger partial charge in [-0.2, -0.15) is 5.10 Å². The molecule has 0 aliphatic rings. The van der Waals surface area contributed by atoms with E-state index in [1.807, 2.05) is 6.92 Å². The summed E-state index contributed by atoms with van der Waals surface area (Å²) in [5.41, 5.74) is 4.30. The fraction of sp³-hybridized carbons (Fsp3) is 0.250. The van der Waals surface area contributed by atoms with E-state index in [-0.39, 0.29) is 30.4 Å². The summed E-state index contributed by atoms with van der Waals surface area (Å²) in [5, 5.41) is 16.2. The maximum Gasteiger partial charge on any atom is 0.240 e. The largest absolute Gasteiger partial charge is 0.508 e. The minimum absolute atomic E-state index is 0.0136. The van der Waals surface area contributed by atoms with Crippen molar-refractivity contribution in [2.75, 3.05) is 11.9 Å². The van der Waals surface area contributed by atoms with Crippen molar-refractivity contribution in [3.8, 4) is 11.5 Å². The van der Waals surface area contributed by atoms with Gasteiger partial charge < -0.3 is 15.2 Å². The molecule has 2 aromatic carbocycles. The topological polar surface area (TPSA) is 100 Å². The molecule has 0 bridgehead atoms. The third-order valence-electron chi connectivity index (χ3n) is 3.64. The summed E-state index contributed by atoms with van der Waals surface area (Å²) in [5.74, 6) is 0.230. The van der Waals surface area contributed by atoms with Gasteiger partial charge in [0, 0.05) is 24.1 Å². The molecule has 0 aliphatic heterocycles. The standard InChI is InChI=1S/C20H23N3O4/c1-3-27-18-9-7-16(8-10-18)21-19(25)11-12-20(26)23-22-14(2)15-5-4-6-17(24)13-15/h4-10,13,24H,3,11-12H2,1-2H3,(H,21,25)(H,23,26)/b22-14-. The summed E-state index contributed by atoms with van der Waals surface area (Å²) in [6.07, 6.45) is 0.0550. The number of carbonyl (C=O) groups excluding carboxylic acids is 2. The van der Waals surface area contributed by atoms with Crippen molar-refractivity contribution >= 4 is 23.2 Å². The maximum absolute atomic E-state index is 11.9. The van der Waals surface area contributed by atoms with Crippen LogP contribution in [-0.2, 0) is 9.59 Å². The Morgan fingerprint density at radius 2 is 1.78 bits per heavy atom. The number of hydrazone groups is 1. The van der Waals surface area contributed by atoms with Crippen LogP contribution < -0.4 is 15.5 Å². The smallest absolute Gasteiger partial charge is 0.240 e. The van der Waals surface area contributed by atoms with Crippen LogP contribution in [0.4, 0.5) is 5.69 Å². The van der Waals surface area contributed by atoms with Crippen LogP contribution in [0.5, 0.6) is 11.5 Å². The lowest BCUT2D eigenvalue weighted by molar-refractivity contribution is -0.124. The Morgan fingerprint density at radius 3 is 2.44 bits per heavy atom. The van der Waals surface area contributed by atoms with Gasteiger partial charge in [-0.3, -0.25) is 9.59 Å². The highest BCUT2D eigenvalue weighted by Gasteiger charge is 2.08. The van der Waals surface area contributed by atoms with Gasteiger partial charge in [0.05, 0.1) is 12.3 Å². The van der Waals surface area contributed by atoms with Crippen LogP contribution in [0.2, 0.25) is 0 Å². The monoisotopic (exact) mass is 369 g/mol. The van der Waals surface area contributed by atoms with Crippen molar-refractivity contribution in [3.63, 3.8) is 0 Å². The zero-order valence-corrected chi connectivity index (χ0v) is 15.4. The zero-order valence-electron chi connectivity index (χ0n) is 15.4. The third-order valence-corrected chi connectivity index (χ3v) is 3.64. The fourth-order valence-electron chi connectivity index (χ4n) is 2.25. The lowest BCUT2D eigenvalue weighted by atomic mass is 10.1. The number of hydrogen-bond acceptors (Lipinski definition) is 5. The van der Waals surface area contributed by atoms with Crippen LogP contribution in [0.1, 0.15) is 32.3 Å². The van der Waals surface area contributed by atoms with Crippen molar-refractivity contribution in [3.05, 3.63) is 54.1 Å². The van der Waals surface area contributed by atoms with Crippen LogP contribution in [-0.4, -0.2) is 29.2 Å². The number of carbonyl (C=O) groups is 2. The average molecular weight is 369 g/mol. The lowest BCUT2D eigenvalue weighted by Gasteiger charge is -2.07. The first-order valence-electron chi connectivity index (χ1n) is 8.63. The van der Waals surface area contributed by atoms with Gasteiger partial charge in [-0.1, -0.05) is 12.1 Å². The van der Waals surface area contributed by atoms with Crippen LogP contribution in [0.15, 0.2) is 53.6 Å². The molecule has 0 saturated heterocycles. The number of ether oxygens (including phenoxy) is 1. The lowest BCUT2D eigenvalue weighted by Crippen LogP contribution is -2.21. The van der Waals surface area contributed by atoms with Crippen LogP contribution in [0.3, 0.4) is 0 Å². The molecule has 0 saturated carbocycles. The van der Waals surface area contributed by atoms with Gasteiger partial charge in [0.15, 0.2) is 0 Å². The van der Waals surface area contributed by atoms with Gasteiger partial charge in [-0.15, -0.1) is 0 Å². The molecule has 2 rings (SSSR count). The first-order chi connectivity index (χ1) is 13.0. The Morgan fingerprint density at radius 1 is 1.07 bits per heavy atom. The number of nitrogens with zero attached hydrogens (tertiary/aromatic N) is 1. The molecule has 0 heterocycles. The van der Waals surface area contributed by atoms with Crippen molar-refractivity contribution in [2.45, 2.75) is 26.7 Å². The van der Waals surface area contributed by atoms with E-state index in [0.717, 1.165) is 5.75 Å². The first kappa shape index (κ1) is 20.0. The van der Waals surface area contributed by atoms with Gasteiger partial charge in [0.25, 0.3) is 0 Å². The summed E-state index contributed by atoms with van der Waals surface area (Å²) >= 11 is 0. The average Bonchev–Trinajstić information content (AvgIpc) is 2.66. The van der Waals surface area contributed by atoms with Gasteiger partial charge in [-0.25, -0.2) is 5.43 Å². The summed E-state index contributed by atoms with van der Waals surface area (Å²) in [6, 6.07) is 13.6. The first-order valence-corrected chi connectivity index (χ1v) is 8.63. The predicted octanol–water partition coefficient (Wildman–Crippen LogP) is 3.05. The highest BCUT2D eigenvalue weighted by Crippen LogP contribution is 2.16. The van der Waals surface area contributed by atoms with E-state index in [4.69, 9.17) is 4.74 Å². The van der Waals surface area contributed by atoms with Gasteiger partial charge in [0.2, 0.25) is 11.8 Å². The van der Waals surface area contributed by atoms with E-state index in [1.54, 1.807) is 55.5 Å². The van der Waals surface area contributed by atoms with E-state index >= 15 is 0 Å². The summed E-state index contributed by atoms with van der Waals surface area (Å²) < 4.78 is 5.34. The minimum atomic E-state index is -0.364. The number of aromatic hydroxyl groups is 1. The molecule has 0 fully saturated rings. The Hall–Kier alpha value is -3.35. The fourth-order valence-corrected chi connectivity index (χ4v) is 2.25. The SMILES string of the molecule is CCOc1ccc(NC(=O)CCC(=O)N/N=C(/C)c2cccc(O)c2)cc1. The number of anilines is 1. The second-order valence-electron chi connectivity index (χ2n) is 5.79. The Balaban J connectivity index is 1.77. The van der Waals surface area contributed by atoms with E-state index in [1.165, 1.54) is 0 Å². The molecule has 7 heteroatoms. The normalized spacial score (nSPS) is 11.0. The number of amides is 2.